The van der Waals surface area contributed by atoms with Crippen LogP contribution in [-0.4, -0.2) is 18.0 Å². The molecule has 0 aliphatic carbocycles. The van der Waals surface area contributed by atoms with Crippen LogP contribution in [0.15, 0.2) is 109 Å². The summed E-state index contributed by atoms with van der Waals surface area (Å²) in [6.45, 7) is 2.47. The van der Waals surface area contributed by atoms with Crippen LogP contribution >= 0.6 is 11.3 Å². The van der Waals surface area contributed by atoms with Gasteiger partial charge in [0.15, 0.2) is 0 Å². The largest absolute Gasteiger partial charge is 0.305 e. The van der Waals surface area contributed by atoms with Gasteiger partial charge in [-0.05, 0) is 56.3 Å². The smallest absolute Gasteiger partial charge is 0.140 e. The third-order valence-corrected chi connectivity index (χ3v) is 10.6. The van der Waals surface area contributed by atoms with Gasteiger partial charge in [-0.3, -0.25) is 0 Å². The molecule has 0 unspecified atom stereocenters. The van der Waals surface area contributed by atoms with Crippen LogP contribution in [0.4, 0.5) is 4.39 Å². The van der Waals surface area contributed by atoms with Crippen molar-refractivity contribution in [1.29, 1.82) is 0 Å². The Kier molecular flexibility index (Phi) is 7.72. The van der Waals surface area contributed by atoms with E-state index in [4.69, 9.17) is 8.22 Å². The van der Waals surface area contributed by atoms with Crippen molar-refractivity contribution < 1.29 is 32.7 Å². The summed E-state index contributed by atoms with van der Waals surface area (Å²) in [5.41, 5.74) is 4.91. The van der Waals surface area contributed by atoms with Gasteiger partial charge in [0, 0.05) is 40.7 Å². The normalized spacial score (nSPS) is 13.7. The minimum Gasteiger partial charge on any atom is -0.305 e. The number of thiophene rings is 1. The van der Waals surface area contributed by atoms with Gasteiger partial charge in [-0.1, -0.05) is 92.5 Å². The van der Waals surface area contributed by atoms with E-state index in [0.717, 1.165) is 37.9 Å². The standard InChI is InChI=1S/C24H15FNS.C15H18NSi.Ir/c1-15-14-26-22(13-20(15)16-7-3-2-4-8-16)19-11-5-9-17-18-10-6-12-21(25)24(18)27-23(17)19;1-12-5-7-13(8-6-12)15-10-9-14(11-16-15)17(2,3)4;/h2-10,12-14H,1H3;5-7,9-11H,1-4H3;/q2*-1;/i2*1D3;. The van der Waals surface area contributed by atoms with Crippen molar-refractivity contribution in [2.75, 3.05) is 0 Å². The summed E-state index contributed by atoms with van der Waals surface area (Å²) in [6.07, 6.45) is 3.35. The topological polar surface area (TPSA) is 25.8 Å². The van der Waals surface area contributed by atoms with Crippen molar-refractivity contribution in [2.24, 2.45) is 0 Å². The number of hydrogen-bond donors (Lipinski definition) is 0. The maximum Gasteiger partial charge on any atom is 0.140 e. The molecule has 0 saturated heterocycles. The molecule has 0 spiro atoms. The molecule has 0 amide bonds. The number of halogens is 1. The molecule has 0 atom stereocenters. The molecule has 2 nitrogen and oxygen atoms in total. The maximum atomic E-state index is 14.4. The number of benzene rings is 4. The molecule has 3 heterocycles. The molecule has 1 radical (unpaired) electrons. The fourth-order valence-electron chi connectivity index (χ4n) is 4.95. The van der Waals surface area contributed by atoms with Crippen molar-refractivity contribution in [3.05, 3.63) is 139 Å². The third kappa shape index (κ3) is 7.05. The summed E-state index contributed by atoms with van der Waals surface area (Å²) < 4.78 is 61.6. The predicted molar refractivity (Wildman–Crippen MR) is 188 cm³/mol. The zero-order valence-electron chi connectivity index (χ0n) is 30.9. The number of aryl methyl sites for hydroxylation is 2. The van der Waals surface area contributed by atoms with Crippen molar-refractivity contribution >= 4 is 44.8 Å². The van der Waals surface area contributed by atoms with Crippen LogP contribution in [0.1, 0.15) is 19.4 Å². The van der Waals surface area contributed by atoms with Crippen LogP contribution in [-0.2, 0) is 20.1 Å². The number of fused-ring (bicyclic) bond motifs is 3. The molecular formula is C39H33FIrN2SSi-2. The molecule has 3 aromatic heterocycles. The van der Waals surface area contributed by atoms with E-state index in [1.807, 2.05) is 54.7 Å². The second-order valence-corrected chi connectivity index (χ2v) is 17.6. The Labute approximate surface area is 291 Å². The first kappa shape index (κ1) is 25.4. The van der Waals surface area contributed by atoms with Gasteiger partial charge in [-0.15, -0.1) is 59.2 Å². The number of hydrogen-bond acceptors (Lipinski definition) is 3. The Morgan fingerprint density at radius 2 is 1.58 bits per heavy atom. The summed E-state index contributed by atoms with van der Waals surface area (Å²) in [7, 11) is -1.34. The second-order valence-electron chi connectivity index (χ2n) is 11.5. The van der Waals surface area contributed by atoms with E-state index in [-0.39, 0.29) is 31.5 Å². The third-order valence-electron chi connectivity index (χ3n) is 7.37. The van der Waals surface area contributed by atoms with E-state index >= 15 is 0 Å². The number of nitrogens with zero attached hydrogens (tertiary/aromatic N) is 2. The van der Waals surface area contributed by atoms with Gasteiger partial charge in [-0.25, -0.2) is 4.39 Å². The van der Waals surface area contributed by atoms with Crippen molar-refractivity contribution in [3.63, 3.8) is 0 Å². The summed E-state index contributed by atoms with van der Waals surface area (Å²) in [4.78, 5) is 8.94. The molecule has 0 N–H and O–H groups in total. The zero-order valence-corrected chi connectivity index (χ0v) is 29.1. The first-order chi connectivity index (χ1) is 23.6. The number of aromatic nitrogens is 2. The van der Waals surface area contributed by atoms with E-state index in [2.05, 4.69) is 47.8 Å². The minimum absolute atomic E-state index is 0. The molecule has 45 heavy (non-hydrogen) atoms. The van der Waals surface area contributed by atoms with Crippen LogP contribution in [0.5, 0.6) is 0 Å². The SMILES string of the molecule is [2H]C([2H])([2H])c1c[c-]c(-c2ccc([Si](C)(C)C)cn2)cc1.[2H]C([2H])([2H])c1cnc(-c2[c-]ccc3c2sc2c(F)cccc23)cc1-c1ccccc1.[Ir]. The number of pyridine rings is 2. The van der Waals surface area contributed by atoms with Gasteiger partial charge in [0.2, 0.25) is 0 Å². The molecule has 227 valence electrons. The van der Waals surface area contributed by atoms with Gasteiger partial charge < -0.3 is 9.97 Å². The summed E-state index contributed by atoms with van der Waals surface area (Å²) in [5.74, 6) is -0.254. The maximum absolute atomic E-state index is 14.4. The molecule has 0 aliphatic heterocycles. The van der Waals surface area contributed by atoms with Crippen LogP contribution in [0.2, 0.25) is 19.6 Å². The van der Waals surface area contributed by atoms with Gasteiger partial charge in [-0.2, -0.15) is 11.3 Å². The fraction of sp³-hybridized carbons (Fsp3) is 0.128. The van der Waals surface area contributed by atoms with Gasteiger partial charge >= 0.3 is 0 Å². The molecule has 0 aliphatic rings. The molecule has 7 rings (SSSR count). The first-order valence-electron chi connectivity index (χ1n) is 17.2. The van der Waals surface area contributed by atoms with Gasteiger partial charge in [0.1, 0.15) is 5.82 Å². The fourth-order valence-corrected chi connectivity index (χ4v) is 7.20. The summed E-state index contributed by atoms with van der Waals surface area (Å²) >= 11 is 1.36. The molecular weight excluding hydrogens is 768 g/mol. The van der Waals surface area contributed by atoms with Gasteiger partial charge in [0.25, 0.3) is 0 Å². The second kappa shape index (κ2) is 13.7. The van der Waals surface area contributed by atoms with Crippen molar-refractivity contribution in [3.8, 4) is 33.6 Å². The molecule has 4 aromatic carbocycles. The molecule has 6 heteroatoms. The average molecular weight is 807 g/mol. The monoisotopic (exact) mass is 807 g/mol. The molecule has 7 aromatic rings. The van der Waals surface area contributed by atoms with E-state index < -0.39 is 21.8 Å². The average Bonchev–Trinajstić information content (AvgIpc) is 3.48. The van der Waals surface area contributed by atoms with E-state index in [1.165, 1.54) is 34.9 Å². The Hall–Kier alpha value is -3.80. The minimum atomic E-state index is -2.28. The molecule has 0 saturated carbocycles. The van der Waals surface area contributed by atoms with E-state index in [9.17, 15) is 4.39 Å². The Bertz CT molecular complexity index is 2230. The quantitative estimate of drug-likeness (QED) is 0.131. The molecule has 0 fully saturated rings. The summed E-state index contributed by atoms with van der Waals surface area (Å²) in [6, 6.07) is 35.2. The van der Waals surface area contributed by atoms with E-state index in [1.54, 1.807) is 30.3 Å². The van der Waals surface area contributed by atoms with Crippen molar-refractivity contribution in [2.45, 2.75) is 33.3 Å². The zero-order chi connectivity index (χ0) is 35.8. The van der Waals surface area contributed by atoms with Crippen LogP contribution in [0.3, 0.4) is 0 Å². The number of rotatable bonds is 4. The van der Waals surface area contributed by atoms with Gasteiger partial charge in [0.05, 0.1) is 12.8 Å². The van der Waals surface area contributed by atoms with E-state index in [0.29, 0.717) is 21.5 Å². The van der Waals surface area contributed by atoms with Crippen LogP contribution in [0, 0.1) is 31.7 Å². The Morgan fingerprint density at radius 3 is 2.27 bits per heavy atom. The Morgan fingerprint density at radius 1 is 0.778 bits per heavy atom. The first-order valence-corrected chi connectivity index (χ1v) is 18.5. The Balaban J connectivity index is 0.000000211. The summed E-state index contributed by atoms with van der Waals surface area (Å²) in [5, 5.41) is 3.10. The molecule has 0 bridgehead atoms. The van der Waals surface area contributed by atoms with Crippen LogP contribution in [0.25, 0.3) is 53.8 Å². The van der Waals surface area contributed by atoms with Crippen molar-refractivity contribution in [1.82, 2.24) is 9.97 Å². The predicted octanol–water partition coefficient (Wildman–Crippen LogP) is 10.4. The van der Waals surface area contributed by atoms with Crippen LogP contribution < -0.4 is 5.19 Å².